The van der Waals surface area contributed by atoms with Crippen molar-refractivity contribution >= 4 is 40.2 Å². The Hall–Kier alpha value is -3.96. The molecular weight excluding hydrogens is 632 g/mol. The maximum atomic E-state index is 6.23. The predicted molar refractivity (Wildman–Crippen MR) is 136 cm³/mol. The van der Waals surface area contributed by atoms with Crippen molar-refractivity contribution in [2.24, 2.45) is 0 Å². The fourth-order valence-corrected chi connectivity index (χ4v) is 4.66. The van der Waals surface area contributed by atoms with Crippen LogP contribution >= 0.6 is 0 Å². The Morgan fingerprint density at radius 1 is 0.861 bits per heavy atom. The number of fused-ring (bicyclic) bond motifs is 4. The summed E-state index contributed by atoms with van der Waals surface area (Å²) in [5.41, 5.74) is 2.82. The maximum absolute atomic E-state index is 6.23. The molecule has 0 unspecified atom stereocenters. The molecule has 36 heavy (non-hydrogen) atoms. The van der Waals surface area contributed by atoms with Crippen LogP contribution in [-0.2, 0) is 21.1 Å². The van der Waals surface area contributed by atoms with Crippen LogP contribution in [0.1, 0.15) is 0 Å². The van der Waals surface area contributed by atoms with Gasteiger partial charge in [0.05, 0.1) is 6.26 Å². The van der Waals surface area contributed by atoms with E-state index < -0.39 is 0 Å². The number of furan rings is 1. The Kier molecular flexibility index (Phi) is 5.58. The third-order valence-corrected chi connectivity index (χ3v) is 6.23. The minimum absolute atomic E-state index is 0. The molecular formula is C28H18BN3O3Pt. The first-order valence-electron chi connectivity index (χ1n) is 11.3. The first kappa shape index (κ1) is 22.5. The van der Waals surface area contributed by atoms with Crippen molar-refractivity contribution in [3.63, 3.8) is 0 Å². The Morgan fingerprint density at radius 3 is 2.58 bits per heavy atom. The third-order valence-electron chi connectivity index (χ3n) is 6.23. The minimum Gasteiger partial charge on any atom is -0.535 e. The fraction of sp³-hybridized carbons (Fsp3) is 0.0357. The van der Waals surface area contributed by atoms with E-state index in [4.69, 9.17) is 13.8 Å². The molecule has 6 aromatic rings. The van der Waals surface area contributed by atoms with E-state index in [2.05, 4.69) is 39.9 Å². The van der Waals surface area contributed by atoms with Crippen molar-refractivity contribution < 1.29 is 34.9 Å². The van der Waals surface area contributed by atoms with Gasteiger partial charge in [-0.3, -0.25) is 0 Å². The quantitative estimate of drug-likeness (QED) is 0.190. The van der Waals surface area contributed by atoms with E-state index in [-0.39, 0.29) is 28.1 Å². The normalized spacial score (nSPS) is 12.5. The van der Waals surface area contributed by atoms with Gasteiger partial charge in [0.2, 0.25) is 5.88 Å². The van der Waals surface area contributed by atoms with E-state index in [0.717, 1.165) is 38.8 Å². The molecule has 0 fully saturated rings. The molecule has 4 heterocycles. The molecule has 8 heteroatoms. The Labute approximate surface area is 222 Å². The molecule has 6 nitrogen and oxygen atoms in total. The van der Waals surface area contributed by atoms with Gasteiger partial charge in [0.1, 0.15) is 5.82 Å². The second kappa shape index (κ2) is 8.92. The summed E-state index contributed by atoms with van der Waals surface area (Å²) in [4.78, 5) is 6.52. The van der Waals surface area contributed by atoms with Crippen molar-refractivity contribution in [2.75, 3.05) is 11.9 Å². The second-order valence-electron chi connectivity index (χ2n) is 8.37. The number of aromatic nitrogens is 2. The van der Waals surface area contributed by atoms with Gasteiger partial charge in [-0.15, -0.1) is 35.1 Å². The first-order chi connectivity index (χ1) is 17.3. The molecule has 3 aromatic heterocycles. The average molecular weight is 650 g/mol. The molecule has 0 aliphatic carbocycles. The molecule has 3 aromatic carbocycles. The van der Waals surface area contributed by atoms with Crippen LogP contribution in [0.5, 0.6) is 17.2 Å². The first-order valence-corrected chi connectivity index (χ1v) is 11.3. The van der Waals surface area contributed by atoms with Crippen LogP contribution in [0.2, 0.25) is 0 Å². The van der Waals surface area contributed by atoms with Gasteiger partial charge in [0.25, 0.3) is 0 Å². The molecule has 1 aliphatic rings. The van der Waals surface area contributed by atoms with E-state index in [1.165, 1.54) is 0 Å². The Balaban J connectivity index is 0.00000240. The van der Waals surface area contributed by atoms with Crippen LogP contribution in [0.3, 0.4) is 0 Å². The minimum atomic E-state index is -0.327. The molecule has 1 aliphatic heterocycles. The SMILES string of the molecule is CN1B(c2[c-]c(Oc3[c-]c4c(cc3)c3ccccc3n4-c3ccccn3)ccc2)Oc2ccoc21.[Pt+2]. The van der Waals surface area contributed by atoms with Gasteiger partial charge in [-0.05, 0) is 23.6 Å². The number of hydrogen-bond donors (Lipinski definition) is 0. The van der Waals surface area contributed by atoms with Crippen LogP contribution in [0.15, 0.2) is 95.7 Å². The van der Waals surface area contributed by atoms with Crippen LogP contribution in [-0.4, -0.2) is 23.6 Å². The van der Waals surface area contributed by atoms with E-state index in [1.54, 1.807) is 12.5 Å². The predicted octanol–water partition coefficient (Wildman–Crippen LogP) is 5.39. The summed E-state index contributed by atoms with van der Waals surface area (Å²) in [5, 5.41) is 2.23. The molecule has 0 amide bonds. The number of pyridine rings is 1. The summed E-state index contributed by atoms with van der Waals surface area (Å²) >= 11 is 0. The number of benzene rings is 3. The van der Waals surface area contributed by atoms with Gasteiger partial charge in [-0.25, -0.2) is 4.98 Å². The molecule has 0 N–H and O–H groups in total. The van der Waals surface area contributed by atoms with Gasteiger partial charge in [-0.1, -0.05) is 29.8 Å². The molecule has 0 atom stereocenters. The maximum Gasteiger partial charge on any atom is 2.00 e. The summed E-state index contributed by atoms with van der Waals surface area (Å²) in [6.07, 6.45) is 3.42. The summed E-state index contributed by atoms with van der Waals surface area (Å²) in [6, 6.07) is 32.6. The zero-order valence-electron chi connectivity index (χ0n) is 19.1. The molecule has 0 bridgehead atoms. The van der Waals surface area contributed by atoms with Crippen LogP contribution in [0.25, 0.3) is 27.6 Å². The number of rotatable bonds is 4. The van der Waals surface area contributed by atoms with Gasteiger partial charge < -0.3 is 23.2 Å². The fourth-order valence-electron chi connectivity index (χ4n) is 4.66. The van der Waals surface area contributed by atoms with Gasteiger partial charge >= 0.3 is 28.1 Å². The smallest absolute Gasteiger partial charge is 0.535 e. The number of anilines is 1. The second-order valence-corrected chi connectivity index (χ2v) is 8.37. The number of para-hydroxylation sites is 1. The third kappa shape index (κ3) is 3.59. The largest absolute Gasteiger partial charge is 2.00 e. The van der Waals surface area contributed by atoms with Gasteiger partial charge in [0, 0.05) is 36.3 Å². The molecule has 0 saturated carbocycles. The zero-order valence-corrected chi connectivity index (χ0v) is 21.4. The molecule has 176 valence electrons. The Morgan fingerprint density at radius 2 is 1.72 bits per heavy atom. The van der Waals surface area contributed by atoms with E-state index in [1.807, 2.05) is 72.5 Å². The van der Waals surface area contributed by atoms with Crippen LogP contribution in [0, 0.1) is 12.1 Å². The van der Waals surface area contributed by atoms with Crippen molar-refractivity contribution in [2.45, 2.75) is 0 Å². The van der Waals surface area contributed by atoms with Crippen molar-refractivity contribution in [3.8, 4) is 23.1 Å². The van der Waals surface area contributed by atoms with Crippen molar-refractivity contribution in [1.82, 2.24) is 9.55 Å². The number of nitrogens with zero attached hydrogens (tertiary/aromatic N) is 3. The van der Waals surface area contributed by atoms with Crippen molar-refractivity contribution in [1.29, 1.82) is 0 Å². The molecule has 7 rings (SSSR count). The topological polar surface area (TPSA) is 52.7 Å². The molecule has 0 saturated heterocycles. The monoisotopic (exact) mass is 650 g/mol. The van der Waals surface area contributed by atoms with Gasteiger partial charge in [0.15, 0.2) is 5.75 Å². The van der Waals surface area contributed by atoms with E-state index >= 15 is 0 Å². The number of hydrogen-bond acceptors (Lipinski definition) is 5. The standard InChI is InChI=1S/C28H18BN3O3.Pt/c1-31-28-26(14-16-33-28)35-29(31)19-7-6-8-20(17-19)34-21-12-13-23-22-9-2-3-10-24(22)32(25(23)18-21)27-11-4-5-15-30-27;/h2-16H,1H3;/q-2;+2. The zero-order chi connectivity index (χ0) is 23.4. The summed E-state index contributed by atoms with van der Waals surface area (Å²) in [5.74, 6) is 3.44. The van der Waals surface area contributed by atoms with Crippen molar-refractivity contribution in [3.05, 3.63) is 103 Å². The van der Waals surface area contributed by atoms with Crippen LogP contribution in [0.4, 0.5) is 5.88 Å². The van der Waals surface area contributed by atoms with E-state index in [0.29, 0.717) is 17.4 Å². The summed E-state index contributed by atoms with van der Waals surface area (Å²) in [6.45, 7) is 0. The molecule has 0 radical (unpaired) electrons. The number of ether oxygens (including phenoxy) is 1. The summed E-state index contributed by atoms with van der Waals surface area (Å²) < 4.78 is 19.9. The average Bonchev–Trinajstić information content (AvgIpc) is 3.57. The Bertz CT molecular complexity index is 1700. The summed E-state index contributed by atoms with van der Waals surface area (Å²) in [7, 11) is 1.60. The van der Waals surface area contributed by atoms with E-state index in [9.17, 15) is 0 Å². The van der Waals surface area contributed by atoms with Crippen LogP contribution < -0.4 is 19.7 Å². The molecule has 0 spiro atoms. The van der Waals surface area contributed by atoms with Gasteiger partial charge in [-0.2, -0.15) is 18.2 Å².